The van der Waals surface area contributed by atoms with Crippen molar-refractivity contribution in [2.24, 2.45) is 5.41 Å². The molecule has 1 aromatic carbocycles. The molecule has 0 bridgehead atoms. The molecule has 1 aromatic rings. The third-order valence-electron chi connectivity index (χ3n) is 4.88. The van der Waals surface area contributed by atoms with Crippen molar-refractivity contribution >= 4 is 0 Å². The Morgan fingerprint density at radius 1 is 1.10 bits per heavy atom. The number of hydrogen-bond acceptors (Lipinski definition) is 1. The van der Waals surface area contributed by atoms with Gasteiger partial charge in [-0.1, -0.05) is 46.8 Å². The normalized spacial score (nSPS) is 21.4. The van der Waals surface area contributed by atoms with Gasteiger partial charge in [-0.05, 0) is 66.3 Å². The van der Waals surface area contributed by atoms with Crippen LogP contribution in [0.1, 0.15) is 75.8 Å². The molecule has 1 nitrogen and oxygen atoms in total. The standard InChI is InChI=1S/C19H31N/c1-6-14-11-16-9-10-19(4,5)13-18(20-8-3)17(16)12-15(14)7-2/h11-12,18,20H,6-10,13H2,1-5H3. The van der Waals surface area contributed by atoms with E-state index in [1.165, 1.54) is 19.3 Å². The van der Waals surface area contributed by atoms with E-state index in [0.717, 1.165) is 19.4 Å². The number of benzene rings is 1. The van der Waals surface area contributed by atoms with Crippen LogP contribution in [0.4, 0.5) is 0 Å². The van der Waals surface area contributed by atoms with Gasteiger partial charge in [0, 0.05) is 6.04 Å². The Balaban J connectivity index is 2.47. The Labute approximate surface area is 125 Å². The summed E-state index contributed by atoms with van der Waals surface area (Å²) >= 11 is 0. The van der Waals surface area contributed by atoms with Crippen LogP contribution in [0.3, 0.4) is 0 Å². The molecule has 1 N–H and O–H groups in total. The second-order valence-corrected chi connectivity index (χ2v) is 7.01. The number of hydrogen-bond donors (Lipinski definition) is 1. The van der Waals surface area contributed by atoms with Gasteiger partial charge >= 0.3 is 0 Å². The topological polar surface area (TPSA) is 12.0 Å². The van der Waals surface area contributed by atoms with Gasteiger partial charge in [0.2, 0.25) is 0 Å². The molecule has 20 heavy (non-hydrogen) atoms. The van der Waals surface area contributed by atoms with Crippen molar-refractivity contribution in [3.63, 3.8) is 0 Å². The van der Waals surface area contributed by atoms with Crippen molar-refractivity contribution in [3.8, 4) is 0 Å². The molecule has 0 fully saturated rings. The van der Waals surface area contributed by atoms with Crippen LogP contribution in [0.5, 0.6) is 0 Å². The van der Waals surface area contributed by atoms with Crippen LogP contribution in [0.25, 0.3) is 0 Å². The van der Waals surface area contributed by atoms with Crippen molar-refractivity contribution in [1.82, 2.24) is 5.32 Å². The molecule has 1 heteroatoms. The highest BCUT2D eigenvalue weighted by atomic mass is 14.9. The summed E-state index contributed by atoms with van der Waals surface area (Å²) in [5.41, 5.74) is 6.71. The second-order valence-electron chi connectivity index (χ2n) is 7.01. The summed E-state index contributed by atoms with van der Waals surface area (Å²) in [6.45, 7) is 12.7. The largest absolute Gasteiger partial charge is 0.310 e. The van der Waals surface area contributed by atoms with Crippen LogP contribution >= 0.6 is 0 Å². The van der Waals surface area contributed by atoms with Crippen molar-refractivity contribution in [3.05, 3.63) is 34.4 Å². The molecule has 1 unspecified atom stereocenters. The molecule has 0 saturated heterocycles. The van der Waals surface area contributed by atoms with Gasteiger partial charge in [0.25, 0.3) is 0 Å². The molecule has 0 aliphatic heterocycles. The zero-order chi connectivity index (χ0) is 14.8. The van der Waals surface area contributed by atoms with Crippen LogP contribution < -0.4 is 5.32 Å². The maximum Gasteiger partial charge on any atom is 0.0328 e. The lowest BCUT2D eigenvalue weighted by molar-refractivity contribution is 0.275. The predicted octanol–water partition coefficient (Wildman–Crippen LogP) is 4.82. The lowest BCUT2D eigenvalue weighted by Gasteiger charge is -2.28. The van der Waals surface area contributed by atoms with Crippen LogP contribution in [-0.4, -0.2) is 6.54 Å². The summed E-state index contributed by atoms with van der Waals surface area (Å²) in [6, 6.07) is 5.53. The van der Waals surface area contributed by atoms with E-state index in [9.17, 15) is 0 Å². The molecular formula is C19H31N. The Hall–Kier alpha value is -0.820. The Bertz CT molecular complexity index is 459. The quantitative estimate of drug-likeness (QED) is 0.775. The van der Waals surface area contributed by atoms with Gasteiger partial charge in [0.1, 0.15) is 0 Å². The van der Waals surface area contributed by atoms with E-state index in [4.69, 9.17) is 0 Å². The van der Waals surface area contributed by atoms with E-state index >= 15 is 0 Å². The minimum atomic E-state index is 0.435. The van der Waals surface area contributed by atoms with Crippen molar-refractivity contribution in [2.75, 3.05) is 6.54 Å². The summed E-state index contributed by atoms with van der Waals surface area (Å²) in [4.78, 5) is 0. The average Bonchev–Trinajstić information content (AvgIpc) is 2.54. The van der Waals surface area contributed by atoms with Crippen LogP contribution in [0.15, 0.2) is 12.1 Å². The highest BCUT2D eigenvalue weighted by Gasteiger charge is 2.29. The number of fused-ring (bicyclic) bond motifs is 1. The number of aryl methyl sites for hydroxylation is 3. The molecule has 1 atom stereocenters. The Kier molecular flexibility index (Phi) is 4.90. The molecule has 0 aromatic heterocycles. The summed E-state index contributed by atoms with van der Waals surface area (Å²) in [5, 5.41) is 3.73. The SMILES string of the molecule is CCNC1CC(C)(C)CCc2cc(CC)c(CC)cc21. The Morgan fingerprint density at radius 3 is 2.35 bits per heavy atom. The molecular weight excluding hydrogens is 242 g/mol. The lowest BCUT2D eigenvalue weighted by atomic mass is 9.83. The third-order valence-corrected chi connectivity index (χ3v) is 4.88. The molecule has 0 spiro atoms. The first-order chi connectivity index (χ1) is 9.50. The van der Waals surface area contributed by atoms with Gasteiger partial charge < -0.3 is 5.32 Å². The first kappa shape index (κ1) is 15.6. The van der Waals surface area contributed by atoms with Crippen LogP contribution in [0.2, 0.25) is 0 Å². The summed E-state index contributed by atoms with van der Waals surface area (Å²) in [5.74, 6) is 0. The number of nitrogens with one attached hydrogen (secondary N) is 1. The maximum atomic E-state index is 3.73. The summed E-state index contributed by atoms with van der Waals surface area (Å²) in [7, 11) is 0. The minimum Gasteiger partial charge on any atom is -0.310 e. The molecule has 1 aliphatic carbocycles. The van der Waals surface area contributed by atoms with Gasteiger partial charge in [0.15, 0.2) is 0 Å². The zero-order valence-electron chi connectivity index (χ0n) is 14.0. The van der Waals surface area contributed by atoms with Crippen LogP contribution in [-0.2, 0) is 19.3 Å². The summed E-state index contributed by atoms with van der Waals surface area (Å²) < 4.78 is 0. The average molecular weight is 273 g/mol. The fraction of sp³-hybridized carbons (Fsp3) is 0.684. The van der Waals surface area contributed by atoms with E-state index in [1.54, 1.807) is 22.3 Å². The zero-order valence-corrected chi connectivity index (χ0v) is 14.0. The molecule has 0 heterocycles. The maximum absolute atomic E-state index is 3.73. The van der Waals surface area contributed by atoms with Gasteiger partial charge in [-0.15, -0.1) is 0 Å². The van der Waals surface area contributed by atoms with Gasteiger partial charge in [-0.3, -0.25) is 0 Å². The Morgan fingerprint density at radius 2 is 1.75 bits per heavy atom. The first-order valence-corrected chi connectivity index (χ1v) is 8.38. The minimum absolute atomic E-state index is 0.435. The molecule has 1 aliphatic rings. The van der Waals surface area contributed by atoms with Gasteiger partial charge in [-0.25, -0.2) is 0 Å². The van der Waals surface area contributed by atoms with E-state index < -0.39 is 0 Å². The molecule has 0 amide bonds. The van der Waals surface area contributed by atoms with E-state index in [0.29, 0.717) is 11.5 Å². The molecule has 0 saturated carbocycles. The van der Waals surface area contributed by atoms with Gasteiger partial charge in [-0.2, -0.15) is 0 Å². The first-order valence-electron chi connectivity index (χ1n) is 8.38. The lowest BCUT2D eigenvalue weighted by Crippen LogP contribution is -2.25. The van der Waals surface area contributed by atoms with Gasteiger partial charge in [0.05, 0.1) is 0 Å². The number of rotatable bonds is 4. The summed E-state index contributed by atoms with van der Waals surface area (Å²) in [6.07, 6.45) is 6.10. The van der Waals surface area contributed by atoms with E-state index in [-0.39, 0.29) is 0 Å². The fourth-order valence-electron chi connectivity index (χ4n) is 3.62. The molecule has 0 radical (unpaired) electrons. The fourth-order valence-corrected chi connectivity index (χ4v) is 3.62. The van der Waals surface area contributed by atoms with E-state index in [2.05, 4.69) is 52.1 Å². The highest BCUT2D eigenvalue weighted by Crippen LogP contribution is 2.40. The van der Waals surface area contributed by atoms with Crippen LogP contribution in [0, 0.1) is 5.41 Å². The van der Waals surface area contributed by atoms with Crippen molar-refractivity contribution < 1.29 is 0 Å². The molecule has 112 valence electrons. The molecule has 2 rings (SSSR count). The third kappa shape index (κ3) is 3.25. The predicted molar refractivity (Wildman–Crippen MR) is 88.3 cm³/mol. The second kappa shape index (κ2) is 6.30. The van der Waals surface area contributed by atoms with Crippen molar-refractivity contribution in [2.45, 2.75) is 72.8 Å². The highest BCUT2D eigenvalue weighted by molar-refractivity contribution is 5.41. The van der Waals surface area contributed by atoms with Crippen molar-refractivity contribution in [1.29, 1.82) is 0 Å². The smallest absolute Gasteiger partial charge is 0.0328 e. The monoisotopic (exact) mass is 273 g/mol. The van der Waals surface area contributed by atoms with E-state index in [1.807, 2.05) is 0 Å².